The van der Waals surface area contributed by atoms with E-state index < -0.39 is 17.7 Å². The average molecular weight is 268 g/mol. The highest BCUT2D eigenvalue weighted by Gasteiger charge is 2.30. The summed E-state index contributed by atoms with van der Waals surface area (Å²) >= 11 is 0. The number of carboxylic acid groups (broad SMARTS) is 1. The first-order valence-corrected chi connectivity index (χ1v) is 6.35. The van der Waals surface area contributed by atoms with Crippen molar-refractivity contribution in [3.63, 3.8) is 0 Å². The highest BCUT2D eigenvalue weighted by molar-refractivity contribution is 5.70. The number of rotatable bonds is 5. The number of aliphatic carboxylic acids is 1. The fourth-order valence-corrected chi connectivity index (χ4v) is 2.27. The summed E-state index contributed by atoms with van der Waals surface area (Å²) in [6, 6.07) is 5.73. The lowest BCUT2D eigenvalue weighted by Crippen LogP contribution is -2.33. The van der Waals surface area contributed by atoms with E-state index in [0.717, 1.165) is 12.8 Å². The van der Waals surface area contributed by atoms with Crippen molar-refractivity contribution in [2.45, 2.75) is 12.8 Å². The molecule has 1 atom stereocenters. The molecule has 19 heavy (non-hydrogen) atoms. The van der Waals surface area contributed by atoms with Gasteiger partial charge >= 0.3 is 5.97 Å². The minimum atomic E-state index is -0.872. The second-order valence-electron chi connectivity index (χ2n) is 4.66. The monoisotopic (exact) mass is 268 g/mol. The first kappa shape index (κ1) is 13.8. The Labute approximate surface area is 111 Å². The minimum absolute atomic E-state index is 0.0554. The van der Waals surface area contributed by atoms with Crippen LogP contribution in [0.25, 0.3) is 0 Å². The van der Waals surface area contributed by atoms with Gasteiger partial charge in [-0.05, 0) is 30.9 Å². The third kappa shape index (κ3) is 3.92. The van der Waals surface area contributed by atoms with Gasteiger partial charge in [-0.15, -0.1) is 0 Å². The van der Waals surface area contributed by atoms with Gasteiger partial charge in [0.1, 0.15) is 18.2 Å². The zero-order valence-electron chi connectivity index (χ0n) is 10.5. The van der Waals surface area contributed by atoms with Gasteiger partial charge in [-0.25, -0.2) is 4.39 Å². The van der Waals surface area contributed by atoms with Crippen molar-refractivity contribution in [2.24, 2.45) is 11.8 Å². The maximum Gasteiger partial charge on any atom is 0.310 e. The molecule has 5 heteroatoms. The molecule has 1 aromatic rings. The predicted molar refractivity (Wildman–Crippen MR) is 66.6 cm³/mol. The largest absolute Gasteiger partial charge is 0.493 e. The van der Waals surface area contributed by atoms with Crippen molar-refractivity contribution in [3.05, 3.63) is 30.1 Å². The summed E-state index contributed by atoms with van der Waals surface area (Å²) in [5.41, 5.74) is 0. The highest BCUT2D eigenvalue weighted by Crippen LogP contribution is 2.25. The first-order valence-electron chi connectivity index (χ1n) is 6.35. The predicted octanol–water partition coefficient (Wildman–Crippen LogP) is 2.33. The molecule has 1 unspecified atom stereocenters. The van der Waals surface area contributed by atoms with E-state index in [4.69, 9.17) is 9.47 Å². The van der Waals surface area contributed by atoms with Crippen LogP contribution in [-0.4, -0.2) is 30.9 Å². The summed E-state index contributed by atoms with van der Waals surface area (Å²) in [6.45, 7) is 1.24. The van der Waals surface area contributed by atoms with Crippen LogP contribution in [0.5, 0.6) is 5.75 Å². The van der Waals surface area contributed by atoms with Crippen LogP contribution in [0.2, 0.25) is 0 Å². The number of carbonyl (C=O) groups is 1. The zero-order valence-corrected chi connectivity index (χ0v) is 10.5. The smallest absolute Gasteiger partial charge is 0.310 e. The van der Waals surface area contributed by atoms with Crippen LogP contribution in [0.15, 0.2) is 24.3 Å². The normalized spacial score (nSPS) is 17.9. The van der Waals surface area contributed by atoms with Gasteiger partial charge in [0.25, 0.3) is 0 Å². The van der Waals surface area contributed by atoms with E-state index in [1.807, 2.05) is 0 Å². The molecule has 104 valence electrons. The number of benzene rings is 1. The van der Waals surface area contributed by atoms with Crippen LogP contribution in [0.3, 0.4) is 0 Å². The SMILES string of the molecule is O=C(O)C(COc1cccc(F)c1)C1CCOCC1. The first-order chi connectivity index (χ1) is 9.16. The molecule has 1 aliphatic heterocycles. The molecular formula is C14H17FO4. The number of ether oxygens (including phenoxy) is 2. The molecule has 1 fully saturated rings. The summed E-state index contributed by atoms with van der Waals surface area (Å²) in [7, 11) is 0. The number of hydrogen-bond donors (Lipinski definition) is 1. The molecule has 1 aromatic carbocycles. The standard InChI is InChI=1S/C14H17FO4/c15-11-2-1-3-12(8-11)19-9-13(14(16)17)10-4-6-18-7-5-10/h1-3,8,10,13H,4-7,9H2,(H,16,17). The number of hydrogen-bond acceptors (Lipinski definition) is 3. The van der Waals surface area contributed by atoms with Crippen LogP contribution in [0.1, 0.15) is 12.8 Å². The molecule has 1 heterocycles. The molecule has 0 saturated carbocycles. The van der Waals surface area contributed by atoms with Gasteiger partial charge in [-0.2, -0.15) is 0 Å². The van der Waals surface area contributed by atoms with Crippen molar-refractivity contribution < 1.29 is 23.8 Å². The third-order valence-corrected chi connectivity index (χ3v) is 3.38. The van der Waals surface area contributed by atoms with Crippen molar-refractivity contribution in [1.29, 1.82) is 0 Å². The van der Waals surface area contributed by atoms with E-state index in [-0.39, 0.29) is 12.5 Å². The van der Waals surface area contributed by atoms with Crippen LogP contribution in [-0.2, 0) is 9.53 Å². The molecule has 4 nitrogen and oxygen atoms in total. The molecule has 0 aromatic heterocycles. The van der Waals surface area contributed by atoms with Crippen LogP contribution < -0.4 is 4.74 Å². The van der Waals surface area contributed by atoms with Gasteiger partial charge in [0, 0.05) is 19.3 Å². The van der Waals surface area contributed by atoms with Crippen molar-refractivity contribution in [1.82, 2.24) is 0 Å². The number of halogens is 1. The molecule has 1 N–H and O–H groups in total. The van der Waals surface area contributed by atoms with E-state index in [2.05, 4.69) is 0 Å². The van der Waals surface area contributed by atoms with Crippen LogP contribution in [0, 0.1) is 17.7 Å². The Hall–Kier alpha value is -1.62. The lowest BCUT2D eigenvalue weighted by molar-refractivity contribution is -0.146. The fourth-order valence-electron chi connectivity index (χ4n) is 2.27. The second-order valence-corrected chi connectivity index (χ2v) is 4.66. The van der Waals surface area contributed by atoms with Crippen molar-refractivity contribution in [3.8, 4) is 5.75 Å². The number of carboxylic acids is 1. The Balaban J connectivity index is 1.95. The third-order valence-electron chi connectivity index (χ3n) is 3.38. The maximum atomic E-state index is 13.0. The van der Waals surface area contributed by atoms with Gasteiger partial charge in [0.05, 0.1) is 5.92 Å². The Morgan fingerprint density at radius 3 is 2.84 bits per heavy atom. The minimum Gasteiger partial charge on any atom is -0.493 e. The van der Waals surface area contributed by atoms with Crippen molar-refractivity contribution >= 4 is 5.97 Å². The molecule has 0 radical (unpaired) electrons. The van der Waals surface area contributed by atoms with Crippen molar-refractivity contribution in [2.75, 3.05) is 19.8 Å². The Kier molecular flexibility index (Phi) is 4.74. The van der Waals surface area contributed by atoms with Crippen LogP contribution >= 0.6 is 0 Å². The maximum absolute atomic E-state index is 13.0. The topological polar surface area (TPSA) is 55.8 Å². The lowest BCUT2D eigenvalue weighted by Gasteiger charge is -2.27. The zero-order chi connectivity index (χ0) is 13.7. The van der Waals surface area contributed by atoms with E-state index >= 15 is 0 Å². The lowest BCUT2D eigenvalue weighted by atomic mass is 9.86. The van der Waals surface area contributed by atoms with Crippen LogP contribution in [0.4, 0.5) is 4.39 Å². The summed E-state index contributed by atoms with van der Waals surface area (Å²) in [4.78, 5) is 11.3. The fraction of sp³-hybridized carbons (Fsp3) is 0.500. The Morgan fingerprint density at radius 2 is 2.21 bits per heavy atom. The van der Waals surface area contributed by atoms with E-state index in [0.29, 0.717) is 19.0 Å². The van der Waals surface area contributed by atoms with Gasteiger partial charge in [0.2, 0.25) is 0 Å². The molecule has 1 aliphatic rings. The second kappa shape index (κ2) is 6.52. The molecule has 0 spiro atoms. The van der Waals surface area contributed by atoms with Gasteiger partial charge in [0.15, 0.2) is 0 Å². The highest BCUT2D eigenvalue weighted by atomic mass is 19.1. The summed E-state index contributed by atoms with van der Waals surface area (Å²) in [5.74, 6) is -1.43. The summed E-state index contributed by atoms with van der Waals surface area (Å²) in [5, 5.41) is 9.26. The van der Waals surface area contributed by atoms with Gasteiger partial charge < -0.3 is 14.6 Å². The Bertz CT molecular complexity index is 429. The van der Waals surface area contributed by atoms with E-state index in [1.165, 1.54) is 18.2 Å². The molecule has 0 bridgehead atoms. The van der Waals surface area contributed by atoms with E-state index in [1.54, 1.807) is 6.07 Å². The average Bonchev–Trinajstić information content (AvgIpc) is 2.40. The molecule has 1 saturated heterocycles. The molecule has 0 amide bonds. The Morgan fingerprint density at radius 1 is 1.47 bits per heavy atom. The van der Waals surface area contributed by atoms with E-state index in [9.17, 15) is 14.3 Å². The van der Waals surface area contributed by atoms with Gasteiger partial charge in [-0.1, -0.05) is 6.07 Å². The summed E-state index contributed by atoms with van der Waals surface area (Å²) < 4.78 is 23.6. The molecular weight excluding hydrogens is 251 g/mol. The molecule has 0 aliphatic carbocycles. The van der Waals surface area contributed by atoms with Gasteiger partial charge in [-0.3, -0.25) is 4.79 Å². The summed E-state index contributed by atoms with van der Waals surface area (Å²) in [6.07, 6.45) is 1.45. The quantitative estimate of drug-likeness (QED) is 0.890. The molecule has 2 rings (SSSR count).